The van der Waals surface area contributed by atoms with Gasteiger partial charge in [-0.25, -0.2) is 15.2 Å². The number of carbonyl (C=O) groups excluding carboxylic acids is 1. The van der Waals surface area contributed by atoms with E-state index in [-0.39, 0.29) is 23.5 Å². The third-order valence-electron chi connectivity index (χ3n) is 2.83. The van der Waals surface area contributed by atoms with Crippen LogP contribution in [0.15, 0.2) is 42.5 Å². The van der Waals surface area contributed by atoms with Crippen LogP contribution in [0, 0.1) is 5.82 Å². The predicted molar refractivity (Wildman–Crippen MR) is 74.3 cm³/mol. The summed E-state index contributed by atoms with van der Waals surface area (Å²) in [5, 5.41) is 2.75. The summed E-state index contributed by atoms with van der Waals surface area (Å²) in [5.41, 5.74) is 3.30. The SMILES string of the molecule is CC(NC(=O)c1cccc(NN)n1)c1cccc(F)c1. The summed E-state index contributed by atoms with van der Waals surface area (Å²) in [6.07, 6.45) is 0. The number of aromatic nitrogens is 1. The fourth-order valence-corrected chi connectivity index (χ4v) is 1.77. The largest absolute Gasteiger partial charge is 0.344 e. The van der Waals surface area contributed by atoms with E-state index in [1.54, 1.807) is 37.3 Å². The first-order valence-electron chi connectivity index (χ1n) is 6.10. The zero-order chi connectivity index (χ0) is 14.5. The van der Waals surface area contributed by atoms with E-state index in [1.165, 1.54) is 12.1 Å². The molecule has 2 rings (SSSR count). The van der Waals surface area contributed by atoms with Gasteiger partial charge in [0.05, 0.1) is 6.04 Å². The van der Waals surface area contributed by atoms with E-state index in [0.717, 1.165) is 0 Å². The number of benzene rings is 1. The number of anilines is 1. The first-order valence-corrected chi connectivity index (χ1v) is 6.10. The van der Waals surface area contributed by atoms with Crippen LogP contribution in [0.2, 0.25) is 0 Å². The van der Waals surface area contributed by atoms with Crippen LogP contribution in [0.25, 0.3) is 0 Å². The molecule has 0 aliphatic carbocycles. The molecule has 0 aliphatic rings. The van der Waals surface area contributed by atoms with Gasteiger partial charge in [-0.05, 0) is 36.8 Å². The highest BCUT2D eigenvalue weighted by Crippen LogP contribution is 2.14. The monoisotopic (exact) mass is 274 g/mol. The van der Waals surface area contributed by atoms with Gasteiger partial charge in [-0.3, -0.25) is 4.79 Å². The Morgan fingerprint density at radius 3 is 2.75 bits per heavy atom. The Kier molecular flexibility index (Phi) is 4.27. The molecule has 1 heterocycles. The summed E-state index contributed by atoms with van der Waals surface area (Å²) >= 11 is 0. The van der Waals surface area contributed by atoms with Gasteiger partial charge in [-0.15, -0.1) is 0 Å². The molecule has 1 amide bonds. The molecule has 104 valence electrons. The summed E-state index contributed by atoms with van der Waals surface area (Å²) in [5.74, 6) is 4.96. The highest BCUT2D eigenvalue weighted by molar-refractivity contribution is 5.92. The van der Waals surface area contributed by atoms with E-state index in [9.17, 15) is 9.18 Å². The third-order valence-corrected chi connectivity index (χ3v) is 2.83. The minimum Gasteiger partial charge on any atom is -0.344 e. The lowest BCUT2D eigenvalue weighted by molar-refractivity contribution is 0.0935. The number of nitrogens with zero attached hydrogens (tertiary/aromatic N) is 1. The van der Waals surface area contributed by atoms with Crippen LogP contribution in [-0.2, 0) is 0 Å². The number of hydrazine groups is 1. The third kappa shape index (κ3) is 3.30. The molecular weight excluding hydrogens is 259 g/mol. The number of carbonyl (C=O) groups is 1. The van der Waals surface area contributed by atoms with Crippen molar-refractivity contribution in [2.75, 3.05) is 5.43 Å². The lowest BCUT2D eigenvalue weighted by atomic mass is 10.1. The summed E-state index contributed by atoms with van der Waals surface area (Å²) < 4.78 is 13.1. The molecule has 2 aromatic rings. The molecule has 0 spiro atoms. The van der Waals surface area contributed by atoms with Crippen LogP contribution < -0.4 is 16.6 Å². The molecule has 6 heteroatoms. The van der Waals surface area contributed by atoms with E-state index in [4.69, 9.17) is 5.84 Å². The normalized spacial score (nSPS) is 11.8. The predicted octanol–water partition coefficient (Wildman–Crippen LogP) is 2.00. The molecule has 1 atom stereocenters. The van der Waals surface area contributed by atoms with E-state index in [1.807, 2.05) is 0 Å². The molecule has 0 saturated heterocycles. The molecule has 1 aromatic heterocycles. The number of nitrogen functional groups attached to an aromatic ring is 1. The number of halogens is 1. The van der Waals surface area contributed by atoms with Gasteiger partial charge in [0, 0.05) is 0 Å². The zero-order valence-corrected chi connectivity index (χ0v) is 10.9. The average Bonchev–Trinajstić information content (AvgIpc) is 2.47. The summed E-state index contributed by atoms with van der Waals surface area (Å²) in [4.78, 5) is 16.1. The van der Waals surface area contributed by atoms with E-state index in [0.29, 0.717) is 11.4 Å². The Bertz CT molecular complexity index is 618. The Hall–Kier alpha value is -2.47. The fourth-order valence-electron chi connectivity index (χ4n) is 1.77. The quantitative estimate of drug-likeness (QED) is 0.588. The van der Waals surface area contributed by atoms with E-state index in [2.05, 4.69) is 15.7 Å². The van der Waals surface area contributed by atoms with Crippen molar-refractivity contribution in [1.29, 1.82) is 0 Å². The molecule has 0 saturated carbocycles. The van der Waals surface area contributed by atoms with Gasteiger partial charge in [0.25, 0.3) is 5.91 Å². The second-order valence-electron chi connectivity index (χ2n) is 4.30. The van der Waals surface area contributed by atoms with Crippen molar-refractivity contribution in [3.05, 3.63) is 59.5 Å². The molecule has 1 aromatic carbocycles. The van der Waals surface area contributed by atoms with Gasteiger partial charge in [0.2, 0.25) is 0 Å². The van der Waals surface area contributed by atoms with E-state index < -0.39 is 0 Å². The van der Waals surface area contributed by atoms with Crippen LogP contribution in [0.4, 0.5) is 10.2 Å². The first kappa shape index (κ1) is 14.0. The summed E-state index contributed by atoms with van der Waals surface area (Å²) in [6, 6.07) is 10.7. The Morgan fingerprint density at radius 1 is 1.30 bits per heavy atom. The number of nitrogens with one attached hydrogen (secondary N) is 2. The summed E-state index contributed by atoms with van der Waals surface area (Å²) in [7, 11) is 0. The minimum absolute atomic E-state index is 0.240. The Balaban J connectivity index is 2.10. The van der Waals surface area contributed by atoms with Crippen LogP contribution in [-0.4, -0.2) is 10.9 Å². The van der Waals surface area contributed by atoms with Crippen LogP contribution in [0.1, 0.15) is 29.0 Å². The number of hydrogen-bond donors (Lipinski definition) is 3. The van der Waals surface area contributed by atoms with Crippen molar-refractivity contribution in [2.24, 2.45) is 5.84 Å². The molecule has 0 bridgehead atoms. The fraction of sp³-hybridized carbons (Fsp3) is 0.143. The number of rotatable bonds is 4. The standard InChI is InChI=1S/C14H15FN4O/c1-9(10-4-2-5-11(15)8-10)17-14(20)12-6-3-7-13(18-12)19-16/h2-9H,16H2,1H3,(H,17,20)(H,18,19). The molecule has 4 N–H and O–H groups in total. The zero-order valence-electron chi connectivity index (χ0n) is 10.9. The van der Waals surface area contributed by atoms with Crippen molar-refractivity contribution in [2.45, 2.75) is 13.0 Å². The Morgan fingerprint density at radius 2 is 2.05 bits per heavy atom. The maximum Gasteiger partial charge on any atom is 0.270 e. The van der Waals surface area contributed by atoms with Gasteiger partial charge in [-0.1, -0.05) is 18.2 Å². The number of hydrogen-bond acceptors (Lipinski definition) is 4. The molecule has 0 aliphatic heterocycles. The van der Waals surface area contributed by atoms with Gasteiger partial charge in [-0.2, -0.15) is 0 Å². The lowest BCUT2D eigenvalue weighted by Crippen LogP contribution is -2.27. The molecule has 0 radical (unpaired) electrons. The molecule has 5 nitrogen and oxygen atoms in total. The van der Waals surface area contributed by atoms with E-state index >= 15 is 0 Å². The van der Waals surface area contributed by atoms with Gasteiger partial charge in [0.1, 0.15) is 17.3 Å². The second kappa shape index (κ2) is 6.12. The van der Waals surface area contributed by atoms with Crippen LogP contribution in [0.5, 0.6) is 0 Å². The van der Waals surface area contributed by atoms with Crippen molar-refractivity contribution < 1.29 is 9.18 Å². The lowest BCUT2D eigenvalue weighted by Gasteiger charge is -2.14. The van der Waals surface area contributed by atoms with Gasteiger partial charge < -0.3 is 10.7 Å². The molecule has 1 unspecified atom stereocenters. The Labute approximate surface area is 116 Å². The molecule has 0 fully saturated rings. The van der Waals surface area contributed by atoms with Crippen molar-refractivity contribution in [3.8, 4) is 0 Å². The van der Waals surface area contributed by atoms with Crippen LogP contribution in [0.3, 0.4) is 0 Å². The van der Waals surface area contributed by atoms with Gasteiger partial charge >= 0.3 is 0 Å². The summed E-state index contributed by atoms with van der Waals surface area (Å²) in [6.45, 7) is 1.78. The minimum atomic E-state index is -0.348. The van der Waals surface area contributed by atoms with Crippen molar-refractivity contribution in [3.63, 3.8) is 0 Å². The number of amides is 1. The average molecular weight is 274 g/mol. The topological polar surface area (TPSA) is 80.0 Å². The van der Waals surface area contributed by atoms with Crippen molar-refractivity contribution >= 4 is 11.7 Å². The molecular formula is C14H15FN4O. The first-order chi connectivity index (χ1) is 9.60. The maximum absolute atomic E-state index is 13.1. The van der Waals surface area contributed by atoms with Gasteiger partial charge in [0.15, 0.2) is 0 Å². The second-order valence-corrected chi connectivity index (χ2v) is 4.30. The highest BCUT2D eigenvalue weighted by Gasteiger charge is 2.13. The number of pyridine rings is 1. The highest BCUT2D eigenvalue weighted by atomic mass is 19.1. The van der Waals surface area contributed by atoms with Crippen LogP contribution >= 0.6 is 0 Å². The smallest absolute Gasteiger partial charge is 0.270 e. The molecule has 20 heavy (non-hydrogen) atoms. The number of nitrogens with two attached hydrogens (primary N) is 1. The van der Waals surface area contributed by atoms with Crippen molar-refractivity contribution in [1.82, 2.24) is 10.3 Å². The maximum atomic E-state index is 13.1.